The molecule has 0 spiro atoms. The third-order valence-electron chi connectivity index (χ3n) is 6.88. The van der Waals surface area contributed by atoms with Crippen molar-refractivity contribution in [3.63, 3.8) is 0 Å². The van der Waals surface area contributed by atoms with E-state index in [1.807, 2.05) is 17.0 Å². The number of rotatable bonds is 6. The van der Waals surface area contributed by atoms with Crippen molar-refractivity contribution < 1.29 is 9.59 Å². The average Bonchev–Trinajstić information content (AvgIpc) is 3.35. The predicted octanol–water partition coefficient (Wildman–Crippen LogP) is 6.40. The maximum atomic E-state index is 13.5. The van der Waals surface area contributed by atoms with Gasteiger partial charge in [0.15, 0.2) is 0 Å². The fraction of sp³-hybridized carbons (Fsp3) is 0.423. The highest BCUT2D eigenvalue weighted by Gasteiger charge is 2.33. The second-order valence-electron chi connectivity index (χ2n) is 10.5. The number of urea groups is 1. The Morgan fingerprint density at radius 3 is 2.22 bits per heavy atom. The van der Waals surface area contributed by atoms with Gasteiger partial charge in [0.05, 0.1) is 0 Å². The summed E-state index contributed by atoms with van der Waals surface area (Å²) in [5.41, 5.74) is 2.15. The summed E-state index contributed by atoms with van der Waals surface area (Å²) in [6.07, 6.45) is 3.99. The first-order valence-corrected chi connectivity index (χ1v) is 13.0. The normalized spacial score (nSPS) is 17.8. The van der Waals surface area contributed by atoms with Crippen molar-refractivity contribution in [3.05, 3.63) is 63.6 Å². The minimum absolute atomic E-state index is 0.0921. The molecule has 1 fully saturated rings. The SMILES string of the molecule is CC(C)(C)C1CCC(N(Cc2ccc(C(=O)Nc3nn[nH]n3)cc2)C(=O)Nc2cc(Cl)cc(Cl)c2)CC1. The van der Waals surface area contributed by atoms with Crippen molar-refractivity contribution in [2.24, 2.45) is 11.3 Å². The Kier molecular flexibility index (Phi) is 8.34. The van der Waals surface area contributed by atoms with Gasteiger partial charge >= 0.3 is 6.03 Å². The Balaban J connectivity index is 1.49. The summed E-state index contributed by atoms with van der Waals surface area (Å²) in [6.45, 7) is 7.24. The van der Waals surface area contributed by atoms with Crippen molar-refractivity contribution in [3.8, 4) is 0 Å². The number of anilines is 2. The lowest BCUT2D eigenvalue weighted by molar-refractivity contribution is 0.102. The molecule has 37 heavy (non-hydrogen) atoms. The largest absolute Gasteiger partial charge is 0.322 e. The molecule has 1 heterocycles. The van der Waals surface area contributed by atoms with Crippen LogP contribution in [0.25, 0.3) is 0 Å². The first-order chi connectivity index (χ1) is 17.6. The molecule has 0 radical (unpaired) electrons. The van der Waals surface area contributed by atoms with Gasteiger partial charge in [0.25, 0.3) is 11.9 Å². The van der Waals surface area contributed by atoms with Crippen LogP contribution in [0.4, 0.5) is 16.4 Å². The summed E-state index contributed by atoms with van der Waals surface area (Å²) in [5.74, 6) is 0.377. The lowest BCUT2D eigenvalue weighted by Crippen LogP contribution is -2.45. The Labute approximate surface area is 226 Å². The van der Waals surface area contributed by atoms with E-state index in [1.54, 1.807) is 30.3 Å². The van der Waals surface area contributed by atoms with Gasteiger partial charge in [-0.15, -0.1) is 5.10 Å². The van der Waals surface area contributed by atoms with Gasteiger partial charge < -0.3 is 10.2 Å². The second-order valence-corrected chi connectivity index (χ2v) is 11.3. The van der Waals surface area contributed by atoms with Crippen LogP contribution >= 0.6 is 23.2 Å². The van der Waals surface area contributed by atoms with E-state index >= 15 is 0 Å². The fourth-order valence-electron chi connectivity index (χ4n) is 4.79. The molecule has 0 aliphatic heterocycles. The van der Waals surface area contributed by atoms with E-state index < -0.39 is 0 Å². The number of hydrogen-bond donors (Lipinski definition) is 3. The lowest BCUT2D eigenvalue weighted by Gasteiger charge is -2.41. The number of hydrogen-bond acceptors (Lipinski definition) is 5. The van der Waals surface area contributed by atoms with Crippen molar-refractivity contribution in [2.45, 2.75) is 59.0 Å². The smallest absolute Gasteiger partial charge is 0.317 e. The van der Waals surface area contributed by atoms with E-state index in [1.165, 1.54) is 0 Å². The molecule has 9 nitrogen and oxygen atoms in total. The summed E-state index contributed by atoms with van der Waals surface area (Å²) in [6, 6.07) is 12.0. The van der Waals surface area contributed by atoms with Gasteiger partial charge in [-0.25, -0.2) is 4.79 Å². The van der Waals surface area contributed by atoms with E-state index in [2.05, 4.69) is 52.0 Å². The quantitative estimate of drug-likeness (QED) is 0.332. The molecule has 1 saturated carbocycles. The summed E-state index contributed by atoms with van der Waals surface area (Å²) in [4.78, 5) is 27.8. The number of H-pyrrole nitrogens is 1. The number of benzene rings is 2. The number of halogens is 2. The van der Waals surface area contributed by atoms with Crippen molar-refractivity contribution in [1.82, 2.24) is 25.5 Å². The molecule has 0 unspecified atom stereocenters. The summed E-state index contributed by atoms with van der Waals surface area (Å²) >= 11 is 12.3. The van der Waals surface area contributed by atoms with Crippen LogP contribution in [-0.2, 0) is 6.54 Å². The Bertz CT molecular complexity index is 1200. The zero-order chi connectivity index (χ0) is 26.6. The summed E-state index contributed by atoms with van der Waals surface area (Å²) < 4.78 is 0. The van der Waals surface area contributed by atoms with Crippen LogP contribution < -0.4 is 10.6 Å². The molecule has 0 bridgehead atoms. The van der Waals surface area contributed by atoms with Crippen molar-refractivity contribution >= 4 is 46.8 Å². The molecular weight excluding hydrogens is 513 g/mol. The molecule has 1 aliphatic rings. The van der Waals surface area contributed by atoms with Crippen LogP contribution in [0.1, 0.15) is 62.4 Å². The van der Waals surface area contributed by atoms with Crippen LogP contribution in [0.3, 0.4) is 0 Å². The third-order valence-corrected chi connectivity index (χ3v) is 7.31. The van der Waals surface area contributed by atoms with Gasteiger partial charge in [-0.3, -0.25) is 10.1 Å². The second kappa shape index (κ2) is 11.5. The minimum atomic E-state index is -0.346. The molecular formula is C26H31Cl2N7O2. The number of tetrazole rings is 1. The topological polar surface area (TPSA) is 116 Å². The van der Waals surface area contributed by atoms with E-state index in [4.69, 9.17) is 23.2 Å². The molecule has 1 aliphatic carbocycles. The maximum absolute atomic E-state index is 13.5. The molecule has 11 heteroatoms. The van der Waals surface area contributed by atoms with Gasteiger partial charge in [-0.1, -0.05) is 61.2 Å². The monoisotopic (exact) mass is 543 g/mol. The molecule has 4 rings (SSSR count). The zero-order valence-corrected chi connectivity index (χ0v) is 22.6. The van der Waals surface area contributed by atoms with E-state index in [0.717, 1.165) is 31.2 Å². The average molecular weight is 544 g/mol. The van der Waals surface area contributed by atoms with Crippen LogP contribution in [-0.4, -0.2) is 43.5 Å². The molecule has 0 atom stereocenters. The molecule has 3 amide bonds. The van der Waals surface area contributed by atoms with Crippen LogP contribution in [0.2, 0.25) is 10.0 Å². The number of nitrogens with one attached hydrogen (secondary N) is 3. The molecule has 196 valence electrons. The molecule has 2 aromatic carbocycles. The van der Waals surface area contributed by atoms with Crippen LogP contribution in [0.5, 0.6) is 0 Å². The predicted molar refractivity (Wildman–Crippen MR) is 145 cm³/mol. The fourth-order valence-corrected chi connectivity index (χ4v) is 5.31. The van der Waals surface area contributed by atoms with Gasteiger partial charge in [0, 0.05) is 33.9 Å². The Morgan fingerprint density at radius 1 is 1.00 bits per heavy atom. The van der Waals surface area contributed by atoms with E-state index in [0.29, 0.717) is 33.8 Å². The zero-order valence-electron chi connectivity index (χ0n) is 21.1. The summed E-state index contributed by atoms with van der Waals surface area (Å²) in [7, 11) is 0. The molecule has 3 aromatic rings. The van der Waals surface area contributed by atoms with Gasteiger partial charge in [0.2, 0.25) is 0 Å². The molecule has 1 aromatic heterocycles. The van der Waals surface area contributed by atoms with Gasteiger partial charge in [0.1, 0.15) is 0 Å². The number of aromatic amines is 1. The number of carbonyl (C=O) groups is 2. The Hall–Kier alpha value is -3.17. The highest BCUT2D eigenvalue weighted by atomic mass is 35.5. The number of amides is 3. The van der Waals surface area contributed by atoms with Crippen LogP contribution in [0.15, 0.2) is 42.5 Å². The minimum Gasteiger partial charge on any atom is -0.317 e. The third kappa shape index (κ3) is 7.20. The van der Waals surface area contributed by atoms with Crippen LogP contribution in [0, 0.1) is 11.3 Å². The Morgan fingerprint density at radius 2 is 1.65 bits per heavy atom. The van der Waals surface area contributed by atoms with Gasteiger partial charge in [-0.05, 0) is 78.1 Å². The highest BCUT2D eigenvalue weighted by molar-refractivity contribution is 6.35. The molecule has 3 N–H and O–H groups in total. The highest BCUT2D eigenvalue weighted by Crippen LogP contribution is 2.39. The van der Waals surface area contributed by atoms with E-state index in [9.17, 15) is 9.59 Å². The number of aromatic nitrogens is 4. The first kappa shape index (κ1) is 26.9. The van der Waals surface area contributed by atoms with E-state index in [-0.39, 0.29) is 29.3 Å². The lowest BCUT2D eigenvalue weighted by atomic mass is 9.71. The number of nitrogens with zero attached hydrogens (tertiary/aromatic N) is 4. The maximum Gasteiger partial charge on any atom is 0.322 e. The number of carbonyl (C=O) groups excluding carboxylic acids is 2. The van der Waals surface area contributed by atoms with Gasteiger partial charge in [-0.2, -0.15) is 5.21 Å². The standard InChI is InChI=1S/C26H31Cl2N7O2/c1-26(2,3)18-8-10-22(11-9-18)35(25(37)29-21-13-19(27)12-20(28)14-21)15-16-4-6-17(7-5-16)23(36)30-24-31-33-34-32-24/h4-7,12-14,18,22H,8-11,15H2,1-3H3,(H,29,37)(H2,30,31,32,33,34,36). The molecule has 0 saturated heterocycles. The summed E-state index contributed by atoms with van der Waals surface area (Å²) in [5, 5.41) is 19.6. The van der Waals surface area contributed by atoms with Crippen molar-refractivity contribution in [1.29, 1.82) is 0 Å². The first-order valence-electron chi connectivity index (χ1n) is 12.3. The van der Waals surface area contributed by atoms with Crippen molar-refractivity contribution in [2.75, 3.05) is 10.6 Å².